The van der Waals surface area contributed by atoms with Crippen molar-refractivity contribution < 1.29 is 14.0 Å². The highest BCUT2D eigenvalue weighted by atomic mass is 32.2. The maximum Gasteiger partial charge on any atom is 0.234 e. The summed E-state index contributed by atoms with van der Waals surface area (Å²) in [5, 5.41) is 14.6. The molecule has 1 aromatic heterocycles. The van der Waals surface area contributed by atoms with Gasteiger partial charge in [-0.05, 0) is 68.7 Å². The predicted octanol–water partition coefficient (Wildman–Crippen LogP) is 4.27. The van der Waals surface area contributed by atoms with Crippen LogP contribution in [0.5, 0.6) is 0 Å². The molecule has 0 aliphatic heterocycles. The molecule has 2 N–H and O–H groups in total. The molecule has 2 aromatic carbocycles. The van der Waals surface area contributed by atoms with E-state index in [1.165, 1.54) is 30.0 Å². The Morgan fingerprint density at radius 1 is 0.969 bits per heavy atom. The smallest absolute Gasteiger partial charge is 0.234 e. The third-order valence-corrected chi connectivity index (χ3v) is 5.86. The first-order valence-corrected chi connectivity index (χ1v) is 11.2. The molecule has 0 radical (unpaired) electrons. The lowest BCUT2D eigenvalue weighted by molar-refractivity contribution is -0.116. The lowest BCUT2D eigenvalue weighted by atomic mass is 10.1. The van der Waals surface area contributed by atoms with Gasteiger partial charge in [0.1, 0.15) is 11.6 Å². The van der Waals surface area contributed by atoms with E-state index in [1.54, 1.807) is 6.92 Å². The third-order valence-electron chi connectivity index (χ3n) is 4.89. The van der Waals surface area contributed by atoms with E-state index in [-0.39, 0.29) is 29.8 Å². The van der Waals surface area contributed by atoms with Gasteiger partial charge in [0.05, 0.1) is 12.2 Å². The number of hydrogen-bond donors (Lipinski definition) is 2. The van der Waals surface area contributed by atoms with E-state index in [2.05, 4.69) is 20.8 Å². The van der Waals surface area contributed by atoms with Gasteiger partial charge < -0.3 is 15.2 Å². The van der Waals surface area contributed by atoms with Gasteiger partial charge in [-0.15, -0.1) is 10.2 Å². The van der Waals surface area contributed by atoms with E-state index in [0.29, 0.717) is 28.8 Å². The van der Waals surface area contributed by atoms with Crippen LogP contribution in [0.1, 0.15) is 29.4 Å². The summed E-state index contributed by atoms with van der Waals surface area (Å²) in [5.41, 5.74) is 4.05. The van der Waals surface area contributed by atoms with Gasteiger partial charge in [-0.3, -0.25) is 9.59 Å². The van der Waals surface area contributed by atoms with Crippen LogP contribution in [0.4, 0.5) is 15.8 Å². The van der Waals surface area contributed by atoms with Gasteiger partial charge in [0.2, 0.25) is 11.8 Å². The van der Waals surface area contributed by atoms with E-state index in [9.17, 15) is 14.0 Å². The zero-order chi connectivity index (χ0) is 23.3. The highest BCUT2D eigenvalue weighted by Gasteiger charge is 2.17. The average Bonchev–Trinajstić information content (AvgIpc) is 3.12. The molecule has 0 atom stereocenters. The topological polar surface area (TPSA) is 88.9 Å². The summed E-state index contributed by atoms with van der Waals surface area (Å²) >= 11 is 1.24. The van der Waals surface area contributed by atoms with Crippen molar-refractivity contribution >= 4 is 35.0 Å². The number of thioether (sulfide) groups is 1. The molecule has 0 bridgehead atoms. The summed E-state index contributed by atoms with van der Waals surface area (Å²) in [4.78, 5) is 24.9. The quantitative estimate of drug-likeness (QED) is 0.495. The van der Waals surface area contributed by atoms with Crippen LogP contribution in [0.25, 0.3) is 0 Å². The number of amides is 2. The van der Waals surface area contributed by atoms with Gasteiger partial charge in [-0.25, -0.2) is 4.39 Å². The zero-order valence-corrected chi connectivity index (χ0v) is 19.3. The number of aryl methyl sites for hydroxylation is 3. The van der Waals surface area contributed by atoms with Crippen molar-refractivity contribution in [2.75, 3.05) is 16.4 Å². The zero-order valence-electron chi connectivity index (χ0n) is 18.5. The molecule has 0 aliphatic carbocycles. The SMILES string of the molecule is CCn1c(CC(=O)Nc2cc(C)ccc2C)nnc1SCC(=O)Nc1ccc(F)cc1C. The lowest BCUT2D eigenvalue weighted by Crippen LogP contribution is -2.18. The second-order valence-corrected chi connectivity index (χ2v) is 8.42. The van der Waals surface area contributed by atoms with E-state index < -0.39 is 0 Å². The summed E-state index contributed by atoms with van der Waals surface area (Å²) < 4.78 is 15.0. The molecular weight excluding hydrogens is 429 g/mol. The molecule has 2 amide bonds. The van der Waals surface area contributed by atoms with Crippen LogP contribution in [0.2, 0.25) is 0 Å². The van der Waals surface area contributed by atoms with Crippen molar-refractivity contribution in [3.63, 3.8) is 0 Å². The molecule has 0 aliphatic rings. The molecule has 0 saturated heterocycles. The number of hydrogen-bond acceptors (Lipinski definition) is 5. The minimum absolute atomic E-state index is 0.0791. The standard InChI is InChI=1S/C23H26FN5O2S/c1-5-29-20(12-21(30)26-19-10-14(2)6-7-15(19)3)27-28-23(29)32-13-22(31)25-18-9-8-17(24)11-16(18)4/h6-11H,5,12-13H2,1-4H3,(H,25,31)(H,26,30). The highest BCUT2D eigenvalue weighted by Crippen LogP contribution is 2.21. The molecule has 168 valence electrons. The fourth-order valence-corrected chi connectivity index (χ4v) is 3.99. The van der Waals surface area contributed by atoms with Crippen LogP contribution in [0, 0.1) is 26.6 Å². The second-order valence-electron chi connectivity index (χ2n) is 7.48. The van der Waals surface area contributed by atoms with Crippen LogP contribution in [-0.2, 0) is 22.6 Å². The van der Waals surface area contributed by atoms with Gasteiger partial charge in [-0.1, -0.05) is 23.9 Å². The molecule has 7 nitrogen and oxygen atoms in total. The third kappa shape index (κ3) is 5.94. The van der Waals surface area contributed by atoms with Gasteiger partial charge in [0, 0.05) is 17.9 Å². The Labute approximate surface area is 190 Å². The number of anilines is 2. The Morgan fingerprint density at radius 2 is 1.72 bits per heavy atom. The molecule has 32 heavy (non-hydrogen) atoms. The number of halogens is 1. The number of rotatable bonds is 8. The summed E-state index contributed by atoms with van der Waals surface area (Å²) in [6, 6.07) is 10.1. The average molecular weight is 456 g/mol. The Kier molecular flexibility index (Phi) is 7.63. The number of nitrogens with zero attached hydrogens (tertiary/aromatic N) is 3. The maximum absolute atomic E-state index is 13.2. The minimum atomic E-state index is -0.347. The van der Waals surface area contributed by atoms with Crippen LogP contribution >= 0.6 is 11.8 Å². The Bertz CT molecular complexity index is 1150. The molecule has 3 aromatic rings. The summed E-state index contributed by atoms with van der Waals surface area (Å²) in [5.74, 6) is -0.108. The minimum Gasteiger partial charge on any atom is -0.325 e. The van der Waals surface area contributed by atoms with E-state index in [4.69, 9.17) is 0 Å². The normalized spacial score (nSPS) is 10.8. The first-order chi connectivity index (χ1) is 15.3. The molecule has 0 fully saturated rings. The Balaban J connectivity index is 1.61. The fourth-order valence-electron chi connectivity index (χ4n) is 3.17. The Hall–Kier alpha value is -3.20. The van der Waals surface area contributed by atoms with Crippen molar-refractivity contribution in [1.82, 2.24) is 14.8 Å². The van der Waals surface area contributed by atoms with E-state index in [1.807, 2.05) is 43.5 Å². The van der Waals surface area contributed by atoms with Gasteiger partial charge in [-0.2, -0.15) is 0 Å². The van der Waals surface area contributed by atoms with Gasteiger partial charge >= 0.3 is 0 Å². The van der Waals surface area contributed by atoms with Crippen molar-refractivity contribution in [3.05, 3.63) is 64.7 Å². The number of benzene rings is 2. The highest BCUT2D eigenvalue weighted by molar-refractivity contribution is 7.99. The monoisotopic (exact) mass is 455 g/mol. The van der Waals surface area contributed by atoms with Crippen molar-refractivity contribution in [2.45, 2.75) is 45.8 Å². The van der Waals surface area contributed by atoms with Crippen molar-refractivity contribution in [1.29, 1.82) is 0 Å². The first-order valence-electron chi connectivity index (χ1n) is 10.2. The van der Waals surface area contributed by atoms with Crippen molar-refractivity contribution in [3.8, 4) is 0 Å². The number of aromatic nitrogens is 3. The lowest BCUT2D eigenvalue weighted by Gasteiger charge is -2.11. The summed E-state index contributed by atoms with van der Waals surface area (Å²) in [6.07, 6.45) is 0.0791. The summed E-state index contributed by atoms with van der Waals surface area (Å²) in [7, 11) is 0. The van der Waals surface area contributed by atoms with E-state index >= 15 is 0 Å². The fraction of sp³-hybridized carbons (Fsp3) is 0.304. The van der Waals surface area contributed by atoms with Crippen LogP contribution in [-0.4, -0.2) is 32.3 Å². The number of carbonyl (C=O) groups is 2. The van der Waals surface area contributed by atoms with Crippen molar-refractivity contribution in [2.24, 2.45) is 0 Å². The molecular formula is C23H26FN5O2S. The molecule has 9 heteroatoms. The van der Waals surface area contributed by atoms with Gasteiger partial charge in [0.15, 0.2) is 5.16 Å². The van der Waals surface area contributed by atoms with E-state index in [0.717, 1.165) is 16.8 Å². The number of carbonyl (C=O) groups excluding carboxylic acids is 2. The molecule has 1 heterocycles. The summed E-state index contributed by atoms with van der Waals surface area (Å²) in [6.45, 7) is 8.15. The molecule has 3 rings (SSSR count). The number of nitrogens with one attached hydrogen (secondary N) is 2. The molecule has 0 saturated carbocycles. The van der Waals surface area contributed by atoms with Gasteiger partial charge in [0.25, 0.3) is 0 Å². The van der Waals surface area contributed by atoms with Crippen LogP contribution in [0.3, 0.4) is 0 Å². The van der Waals surface area contributed by atoms with Crippen LogP contribution in [0.15, 0.2) is 41.6 Å². The molecule has 0 spiro atoms. The van der Waals surface area contributed by atoms with Crippen LogP contribution < -0.4 is 10.6 Å². The Morgan fingerprint density at radius 3 is 2.44 bits per heavy atom. The predicted molar refractivity (Wildman–Crippen MR) is 124 cm³/mol. The first kappa shape index (κ1) is 23.5. The molecule has 0 unspecified atom stereocenters. The largest absolute Gasteiger partial charge is 0.325 e. The second kappa shape index (κ2) is 10.4. The maximum atomic E-state index is 13.2.